The van der Waals surface area contributed by atoms with Gasteiger partial charge >= 0.3 is 0 Å². The monoisotopic (exact) mass is 197 g/mol. The van der Waals surface area contributed by atoms with Crippen LogP contribution in [0.25, 0.3) is 0 Å². The second-order valence-corrected chi connectivity index (χ2v) is 3.46. The van der Waals surface area contributed by atoms with Gasteiger partial charge in [-0.25, -0.2) is 0 Å². The van der Waals surface area contributed by atoms with Crippen molar-refractivity contribution in [2.45, 2.75) is 12.9 Å². The summed E-state index contributed by atoms with van der Waals surface area (Å²) in [5.41, 5.74) is 0. The average Bonchev–Trinajstić information content (AvgIpc) is 2.50. The Hall–Kier alpha value is -0.675. The van der Waals surface area contributed by atoms with Crippen LogP contribution in [-0.4, -0.2) is 26.8 Å². The van der Waals surface area contributed by atoms with Crippen molar-refractivity contribution in [3.8, 4) is 11.5 Å². The molecule has 1 aliphatic rings. The highest BCUT2D eigenvalue weighted by atomic mass is 32.1. The molecule has 1 aromatic heterocycles. The number of thiophene rings is 1. The van der Waals surface area contributed by atoms with Gasteiger partial charge in [-0.2, -0.15) is 0 Å². The highest BCUT2D eigenvalue weighted by Crippen LogP contribution is 2.33. The van der Waals surface area contributed by atoms with Crippen molar-refractivity contribution < 1.29 is 14.1 Å². The molecule has 69 valence electrons. The van der Waals surface area contributed by atoms with Crippen LogP contribution in [0.5, 0.6) is 11.5 Å². The van der Waals surface area contributed by atoms with E-state index in [2.05, 4.69) is 0 Å². The van der Waals surface area contributed by atoms with Crippen molar-refractivity contribution in [1.82, 2.24) is 0 Å². The van der Waals surface area contributed by atoms with Gasteiger partial charge < -0.3 is 14.1 Å². The Balaban J connectivity index is 2.00. The molecule has 0 aliphatic carbocycles. The first kappa shape index (κ1) is 8.90. The highest BCUT2D eigenvalue weighted by molar-refractivity contribution is 7.08. The van der Waals surface area contributed by atoms with Crippen LogP contribution < -0.4 is 9.47 Å². The van der Waals surface area contributed by atoms with Crippen LogP contribution in [0.2, 0.25) is 6.82 Å². The lowest BCUT2D eigenvalue weighted by Crippen LogP contribution is -2.27. The Morgan fingerprint density at radius 2 is 2.00 bits per heavy atom. The first-order valence-corrected chi connectivity index (χ1v) is 5.09. The maximum Gasteiger partial charge on any atom is 0.289 e. The van der Waals surface area contributed by atoms with Gasteiger partial charge in [0, 0.05) is 10.8 Å². The van der Waals surface area contributed by atoms with E-state index in [1.807, 2.05) is 17.6 Å². The molecule has 0 aromatic carbocycles. The number of ether oxygens (including phenoxy) is 2. The predicted molar refractivity (Wildman–Crippen MR) is 51.8 cm³/mol. The minimum Gasteiger partial charge on any atom is -0.486 e. The van der Waals surface area contributed by atoms with E-state index < -0.39 is 0 Å². The fourth-order valence-corrected chi connectivity index (χ4v) is 1.85. The third-order valence-corrected chi connectivity index (χ3v) is 2.47. The van der Waals surface area contributed by atoms with Gasteiger partial charge in [0.05, 0.1) is 0 Å². The molecule has 5 heteroatoms. The van der Waals surface area contributed by atoms with Gasteiger partial charge in [0.25, 0.3) is 7.48 Å². The second kappa shape index (κ2) is 4.02. The molecule has 13 heavy (non-hydrogen) atoms. The van der Waals surface area contributed by atoms with Crippen molar-refractivity contribution in [2.75, 3.05) is 13.2 Å². The van der Waals surface area contributed by atoms with Crippen molar-refractivity contribution >= 4 is 18.8 Å². The first-order chi connectivity index (χ1) is 6.40. The van der Waals surface area contributed by atoms with Crippen molar-refractivity contribution in [1.29, 1.82) is 0 Å². The van der Waals surface area contributed by atoms with Gasteiger partial charge in [-0.15, -0.1) is 11.3 Å². The van der Waals surface area contributed by atoms with Gasteiger partial charge in [-0.1, -0.05) is 6.82 Å². The third-order valence-electron chi connectivity index (χ3n) is 1.77. The summed E-state index contributed by atoms with van der Waals surface area (Å²) >= 11 is 1.58. The van der Waals surface area contributed by atoms with E-state index in [4.69, 9.17) is 14.1 Å². The smallest absolute Gasteiger partial charge is 0.289 e. The van der Waals surface area contributed by atoms with Gasteiger partial charge in [0.2, 0.25) is 0 Å². The molecule has 2 heterocycles. The molecule has 0 N–H and O–H groups in total. The molecule has 1 aliphatic heterocycles. The van der Waals surface area contributed by atoms with Crippen LogP contribution in [0.4, 0.5) is 0 Å². The lowest BCUT2D eigenvalue weighted by Gasteiger charge is -2.12. The van der Waals surface area contributed by atoms with Crippen molar-refractivity contribution in [2.24, 2.45) is 0 Å². The molecular weight excluding hydrogens is 187 g/mol. The molecule has 0 saturated carbocycles. The van der Waals surface area contributed by atoms with Gasteiger partial charge in [0.1, 0.15) is 19.3 Å². The quantitative estimate of drug-likeness (QED) is 0.673. The van der Waals surface area contributed by atoms with Gasteiger partial charge in [0.15, 0.2) is 11.5 Å². The highest BCUT2D eigenvalue weighted by Gasteiger charge is 2.18. The SMILES string of the molecule is C[B]OC1COc2cscc2OC1. The van der Waals surface area contributed by atoms with Crippen LogP contribution in [0.3, 0.4) is 0 Å². The minimum atomic E-state index is 0.00222. The van der Waals surface area contributed by atoms with Gasteiger partial charge in [-0.3, -0.25) is 0 Å². The minimum absolute atomic E-state index is 0.00222. The van der Waals surface area contributed by atoms with E-state index in [9.17, 15) is 0 Å². The summed E-state index contributed by atoms with van der Waals surface area (Å²) in [6.45, 7) is 2.95. The maximum atomic E-state index is 5.49. The Labute approximate surface area is 81.9 Å². The Morgan fingerprint density at radius 3 is 2.54 bits per heavy atom. The molecule has 1 aromatic rings. The van der Waals surface area contributed by atoms with Gasteiger partial charge in [-0.05, 0) is 0 Å². The normalized spacial score (nSPS) is 16.7. The van der Waals surface area contributed by atoms with Crippen LogP contribution in [-0.2, 0) is 4.65 Å². The van der Waals surface area contributed by atoms with E-state index in [0.29, 0.717) is 13.2 Å². The summed E-state index contributed by atoms with van der Waals surface area (Å²) in [5, 5.41) is 3.88. The molecule has 0 amide bonds. The topological polar surface area (TPSA) is 27.7 Å². The van der Waals surface area contributed by atoms with Crippen molar-refractivity contribution in [3.63, 3.8) is 0 Å². The van der Waals surface area contributed by atoms with Crippen LogP contribution in [0.1, 0.15) is 0 Å². The molecule has 1 radical (unpaired) electrons. The van der Waals surface area contributed by atoms with E-state index in [0.717, 1.165) is 11.5 Å². The van der Waals surface area contributed by atoms with Crippen LogP contribution >= 0.6 is 11.3 Å². The molecule has 3 nitrogen and oxygen atoms in total. The molecule has 0 fully saturated rings. The number of rotatable bonds is 2. The Kier molecular flexibility index (Phi) is 2.75. The number of hydrogen-bond donors (Lipinski definition) is 0. The summed E-state index contributed by atoms with van der Waals surface area (Å²) in [6.07, 6.45) is 0.00222. The standard InChI is InChI=1S/C8H10BO3S/c1-9-12-6-2-10-7-4-13-5-8(7)11-3-6/h4-6H,2-3H2,1H3. The fraction of sp³-hybridized carbons (Fsp3) is 0.500. The summed E-state index contributed by atoms with van der Waals surface area (Å²) in [6, 6.07) is 0. The zero-order chi connectivity index (χ0) is 9.10. The van der Waals surface area contributed by atoms with Crippen LogP contribution in [0, 0.1) is 0 Å². The second-order valence-electron chi connectivity index (χ2n) is 2.72. The average molecular weight is 197 g/mol. The lowest BCUT2D eigenvalue weighted by molar-refractivity contribution is 0.105. The maximum absolute atomic E-state index is 5.49. The summed E-state index contributed by atoms with van der Waals surface area (Å²) in [7, 11) is 1.66. The molecule has 0 spiro atoms. The number of fused-ring (bicyclic) bond motifs is 1. The Bertz CT molecular complexity index is 254. The first-order valence-electron chi connectivity index (χ1n) is 4.15. The van der Waals surface area contributed by atoms with E-state index in [1.54, 1.807) is 18.8 Å². The Morgan fingerprint density at radius 1 is 1.38 bits per heavy atom. The van der Waals surface area contributed by atoms with E-state index in [1.165, 1.54) is 0 Å². The number of hydrogen-bond acceptors (Lipinski definition) is 4. The van der Waals surface area contributed by atoms with Crippen molar-refractivity contribution in [3.05, 3.63) is 10.8 Å². The zero-order valence-electron chi connectivity index (χ0n) is 7.36. The lowest BCUT2D eigenvalue weighted by atomic mass is 10.1. The predicted octanol–water partition coefficient (Wildman–Crippen LogP) is 1.57. The summed E-state index contributed by atoms with van der Waals surface area (Å²) in [4.78, 5) is 0. The molecular formula is C8H10BO3S. The molecule has 0 bridgehead atoms. The van der Waals surface area contributed by atoms with E-state index >= 15 is 0 Å². The molecule has 0 saturated heterocycles. The summed E-state index contributed by atoms with van der Waals surface area (Å²) in [5.74, 6) is 1.65. The molecule has 0 atom stereocenters. The van der Waals surface area contributed by atoms with E-state index in [-0.39, 0.29) is 6.10 Å². The molecule has 0 unspecified atom stereocenters. The third kappa shape index (κ3) is 1.98. The zero-order valence-corrected chi connectivity index (χ0v) is 8.17. The van der Waals surface area contributed by atoms with Crippen LogP contribution in [0.15, 0.2) is 10.8 Å². The molecule has 2 rings (SSSR count). The fourth-order valence-electron chi connectivity index (χ4n) is 1.17. The summed E-state index contributed by atoms with van der Waals surface area (Å²) < 4.78 is 16.3. The largest absolute Gasteiger partial charge is 0.486 e.